The first-order valence-electron chi connectivity index (χ1n) is 10.6. The van der Waals surface area contributed by atoms with Crippen LogP contribution in [0.15, 0.2) is 118 Å². The standard InChI is InChI=1S/C30H18Br2/c31-29-11-9-20-3-7-24(15-27(20)17-29)22-5-1-19-2-6-23(14-26(19)13-22)25-8-4-21-10-12-30(32)18-28(21)16-25/h1-18H. The van der Waals surface area contributed by atoms with Gasteiger partial charge >= 0.3 is 0 Å². The molecule has 0 atom stereocenters. The maximum Gasteiger partial charge on any atom is 0.0181 e. The average molecular weight is 538 g/mol. The third-order valence-corrected chi connectivity index (χ3v) is 7.10. The van der Waals surface area contributed by atoms with Crippen molar-refractivity contribution in [1.82, 2.24) is 0 Å². The van der Waals surface area contributed by atoms with Gasteiger partial charge in [-0.3, -0.25) is 0 Å². The van der Waals surface area contributed by atoms with Crippen LogP contribution in [0.3, 0.4) is 0 Å². The van der Waals surface area contributed by atoms with Crippen molar-refractivity contribution in [2.45, 2.75) is 0 Å². The molecule has 0 heterocycles. The Kier molecular flexibility index (Phi) is 4.86. The SMILES string of the molecule is Brc1ccc2ccc(-c3ccc4ccc(-c5ccc6ccc(Br)cc6c5)cc4c3)cc2c1. The quantitative estimate of drug-likeness (QED) is 0.206. The lowest BCUT2D eigenvalue weighted by atomic mass is 9.95. The van der Waals surface area contributed by atoms with Gasteiger partial charge in [0.1, 0.15) is 0 Å². The normalized spacial score (nSPS) is 11.4. The maximum atomic E-state index is 3.59. The highest BCUT2D eigenvalue weighted by molar-refractivity contribution is 9.10. The zero-order valence-electron chi connectivity index (χ0n) is 17.1. The van der Waals surface area contributed by atoms with Crippen LogP contribution >= 0.6 is 31.9 Å². The molecule has 6 rings (SSSR count). The highest BCUT2D eigenvalue weighted by Crippen LogP contribution is 2.32. The number of benzene rings is 6. The highest BCUT2D eigenvalue weighted by Gasteiger charge is 2.06. The molecule has 0 nitrogen and oxygen atoms in total. The molecule has 0 radical (unpaired) electrons. The zero-order valence-corrected chi connectivity index (χ0v) is 20.3. The van der Waals surface area contributed by atoms with Gasteiger partial charge in [-0.1, -0.05) is 92.5 Å². The molecule has 6 aromatic carbocycles. The van der Waals surface area contributed by atoms with E-state index in [0.29, 0.717) is 0 Å². The number of hydrogen-bond donors (Lipinski definition) is 0. The van der Waals surface area contributed by atoms with Gasteiger partial charge in [0.2, 0.25) is 0 Å². The van der Waals surface area contributed by atoms with Gasteiger partial charge in [0.25, 0.3) is 0 Å². The number of hydrogen-bond acceptors (Lipinski definition) is 0. The summed E-state index contributed by atoms with van der Waals surface area (Å²) in [5.41, 5.74) is 4.94. The second-order valence-electron chi connectivity index (χ2n) is 8.19. The van der Waals surface area contributed by atoms with Crippen molar-refractivity contribution in [3.8, 4) is 22.3 Å². The molecule has 2 heteroatoms. The van der Waals surface area contributed by atoms with E-state index in [4.69, 9.17) is 0 Å². The van der Waals surface area contributed by atoms with Crippen LogP contribution in [0.2, 0.25) is 0 Å². The molecule has 0 fully saturated rings. The molecule has 0 aliphatic rings. The van der Waals surface area contributed by atoms with Gasteiger partial charge in [0.15, 0.2) is 0 Å². The minimum absolute atomic E-state index is 1.10. The Balaban J connectivity index is 1.45. The van der Waals surface area contributed by atoms with Gasteiger partial charge in [-0.05, 0) is 103 Å². The fourth-order valence-electron chi connectivity index (χ4n) is 4.40. The van der Waals surface area contributed by atoms with Crippen molar-refractivity contribution in [3.05, 3.63) is 118 Å². The molecule has 152 valence electrons. The van der Waals surface area contributed by atoms with Gasteiger partial charge in [-0.2, -0.15) is 0 Å². The molecule has 0 aliphatic carbocycles. The summed E-state index contributed by atoms with van der Waals surface area (Å²) in [7, 11) is 0. The first kappa shape index (κ1) is 19.7. The van der Waals surface area contributed by atoms with Gasteiger partial charge < -0.3 is 0 Å². The molecule has 0 saturated heterocycles. The van der Waals surface area contributed by atoms with Crippen LogP contribution in [0.4, 0.5) is 0 Å². The van der Waals surface area contributed by atoms with Gasteiger partial charge in [-0.25, -0.2) is 0 Å². The third kappa shape index (κ3) is 3.64. The van der Waals surface area contributed by atoms with E-state index in [0.717, 1.165) is 8.95 Å². The summed E-state index contributed by atoms with van der Waals surface area (Å²) in [5.74, 6) is 0. The Labute approximate surface area is 203 Å². The third-order valence-electron chi connectivity index (χ3n) is 6.11. The van der Waals surface area contributed by atoms with Gasteiger partial charge in [0, 0.05) is 8.95 Å². The molecule has 0 spiro atoms. The lowest BCUT2D eigenvalue weighted by Gasteiger charge is -2.09. The second-order valence-corrected chi connectivity index (χ2v) is 10.0. The summed E-state index contributed by atoms with van der Waals surface area (Å²) in [5, 5.41) is 7.50. The van der Waals surface area contributed by atoms with Gasteiger partial charge in [-0.15, -0.1) is 0 Å². The molecule has 0 saturated carbocycles. The summed E-state index contributed by atoms with van der Waals surface area (Å²) in [6.07, 6.45) is 0. The van der Waals surface area contributed by atoms with E-state index in [1.54, 1.807) is 0 Å². The Hall–Kier alpha value is -2.94. The summed E-state index contributed by atoms with van der Waals surface area (Å²) in [4.78, 5) is 0. The van der Waals surface area contributed by atoms with E-state index >= 15 is 0 Å². The van der Waals surface area contributed by atoms with E-state index in [-0.39, 0.29) is 0 Å². The van der Waals surface area contributed by atoms with Crippen LogP contribution in [0.1, 0.15) is 0 Å². The molecular formula is C30H18Br2. The molecule has 0 N–H and O–H groups in total. The predicted octanol–water partition coefficient (Wildman–Crippen LogP) is 10.0. The summed E-state index contributed by atoms with van der Waals surface area (Å²) in [6, 6.07) is 39.7. The molecule has 32 heavy (non-hydrogen) atoms. The molecule has 0 aromatic heterocycles. The number of fused-ring (bicyclic) bond motifs is 3. The fourth-order valence-corrected chi connectivity index (χ4v) is 5.16. The molecular weight excluding hydrogens is 520 g/mol. The van der Waals surface area contributed by atoms with Crippen LogP contribution in [-0.2, 0) is 0 Å². The molecule has 0 aliphatic heterocycles. The molecule has 0 unspecified atom stereocenters. The van der Waals surface area contributed by atoms with Crippen molar-refractivity contribution < 1.29 is 0 Å². The van der Waals surface area contributed by atoms with Crippen LogP contribution in [-0.4, -0.2) is 0 Å². The first-order valence-corrected chi connectivity index (χ1v) is 12.1. The van der Waals surface area contributed by atoms with E-state index in [1.165, 1.54) is 54.6 Å². The molecule has 6 aromatic rings. The van der Waals surface area contributed by atoms with Crippen LogP contribution in [0, 0.1) is 0 Å². The van der Waals surface area contributed by atoms with Crippen LogP contribution in [0.25, 0.3) is 54.6 Å². The summed E-state index contributed by atoms with van der Waals surface area (Å²) in [6.45, 7) is 0. The Morgan fingerprint density at radius 3 is 0.906 bits per heavy atom. The number of rotatable bonds is 2. The lowest BCUT2D eigenvalue weighted by Crippen LogP contribution is -1.83. The zero-order chi connectivity index (χ0) is 21.7. The molecule has 0 bridgehead atoms. The fraction of sp³-hybridized carbons (Fsp3) is 0. The second kappa shape index (κ2) is 7.88. The number of halogens is 2. The van der Waals surface area contributed by atoms with E-state index in [2.05, 4.69) is 141 Å². The largest absolute Gasteiger partial charge is 0.0538 e. The first-order chi connectivity index (χ1) is 15.6. The van der Waals surface area contributed by atoms with E-state index in [1.807, 2.05) is 0 Å². The van der Waals surface area contributed by atoms with Crippen molar-refractivity contribution in [3.63, 3.8) is 0 Å². The monoisotopic (exact) mass is 536 g/mol. The summed E-state index contributed by atoms with van der Waals surface area (Å²) < 4.78 is 2.21. The Morgan fingerprint density at radius 2 is 0.562 bits per heavy atom. The van der Waals surface area contributed by atoms with Crippen molar-refractivity contribution in [1.29, 1.82) is 0 Å². The van der Waals surface area contributed by atoms with Crippen molar-refractivity contribution >= 4 is 64.2 Å². The van der Waals surface area contributed by atoms with Crippen molar-refractivity contribution in [2.24, 2.45) is 0 Å². The smallest absolute Gasteiger partial charge is 0.0181 e. The topological polar surface area (TPSA) is 0 Å². The van der Waals surface area contributed by atoms with E-state index in [9.17, 15) is 0 Å². The minimum atomic E-state index is 1.10. The van der Waals surface area contributed by atoms with E-state index < -0.39 is 0 Å². The van der Waals surface area contributed by atoms with Gasteiger partial charge in [0.05, 0.1) is 0 Å². The van der Waals surface area contributed by atoms with Crippen LogP contribution < -0.4 is 0 Å². The van der Waals surface area contributed by atoms with Crippen molar-refractivity contribution in [2.75, 3.05) is 0 Å². The Morgan fingerprint density at radius 1 is 0.281 bits per heavy atom. The summed E-state index contributed by atoms with van der Waals surface area (Å²) >= 11 is 7.18. The predicted molar refractivity (Wildman–Crippen MR) is 145 cm³/mol. The minimum Gasteiger partial charge on any atom is -0.0538 e. The molecule has 0 amide bonds. The Bertz CT molecular complexity index is 1530. The maximum absolute atomic E-state index is 3.59. The average Bonchev–Trinajstić information content (AvgIpc) is 2.82. The highest BCUT2D eigenvalue weighted by atomic mass is 79.9. The lowest BCUT2D eigenvalue weighted by molar-refractivity contribution is 1.64. The van der Waals surface area contributed by atoms with Crippen LogP contribution in [0.5, 0.6) is 0 Å².